The number of anilines is 1. The lowest BCUT2D eigenvalue weighted by Gasteiger charge is -2.22. The lowest BCUT2D eigenvalue weighted by molar-refractivity contribution is 0.112. The van der Waals surface area contributed by atoms with E-state index in [0.717, 1.165) is 53.9 Å². The number of hydrogen-bond acceptors (Lipinski definition) is 5. The molecule has 0 atom stereocenters. The average molecular weight is 351 g/mol. The molecule has 5 heteroatoms. The minimum atomic E-state index is -0.181. The van der Waals surface area contributed by atoms with Crippen molar-refractivity contribution in [2.24, 2.45) is 10.7 Å². The number of fused-ring (bicyclic) bond motifs is 1. The molecule has 5 nitrogen and oxygen atoms in total. The van der Waals surface area contributed by atoms with Crippen LogP contribution < -0.4 is 11.5 Å². The molecule has 1 aliphatic rings. The van der Waals surface area contributed by atoms with Crippen molar-refractivity contribution in [2.75, 3.05) is 5.73 Å². The van der Waals surface area contributed by atoms with E-state index < -0.39 is 0 Å². The first-order valence-corrected chi connectivity index (χ1v) is 8.99. The van der Waals surface area contributed by atoms with Crippen LogP contribution in [0.2, 0.25) is 0 Å². The predicted octanol–water partition coefficient (Wildman–Crippen LogP) is 2.99. The third-order valence-electron chi connectivity index (χ3n) is 5.05. The van der Waals surface area contributed by atoms with Gasteiger partial charge in [-0.1, -0.05) is 24.3 Å². The number of aliphatic hydroxyl groups excluding tert-OH is 1. The van der Waals surface area contributed by atoms with Gasteiger partial charge in [0.2, 0.25) is 0 Å². The van der Waals surface area contributed by atoms with Gasteiger partial charge >= 0.3 is 0 Å². The van der Waals surface area contributed by atoms with Crippen molar-refractivity contribution < 1.29 is 9.90 Å². The van der Waals surface area contributed by atoms with E-state index in [1.165, 1.54) is 0 Å². The van der Waals surface area contributed by atoms with Crippen molar-refractivity contribution in [1.29, 1.82) is 0 Å². The molecule has 0 aromatic heterocycles. The Bertz CT molecular complexity index is 850. The highest BCUT2D eigenvalue weighted by Crippen LogP contribution is 2.29. The van der Waals surface area contributed by atoms with Crippen LogP contribution in [0.1, 0.15) is 41.6 Å². The molecule has 1 saturated carbocycles. The number of carbonyl (C=O) groups excluding carboxylic acids is 1. The van der Waals surface area contributed by atoms with Crippen molar-refractivity contribution in [3.05, 3.63) is 53.2 Å². The predicted molar refractivity (Wildman–Crippen MR) is 106 cm³/mol. The van der Waals surface area contributed by atoms with E-state index in [9.17, 15) is 9.90 Å². The molecular weight excluding hydrogens is 326 g/mol. The van der Waals surface area contributed by atoms with Crippen molar-refractivity contribution in [1.82, 2.24) is 0 Å². The number of carbonyl (C=O) groups is 1. The maximum Gasteiger partial charge on any atom is 0.150 e. The molecule has 2 aromatic rings. The Morgan fingerprint density at radius 1 is 1.19 bits per heavy atom. The van der Waals surface area contributed by atoms with E-state index in [2.05, 4.69) is 4.99 Å². The molecule has 136 valence electrons. The smallest absolute Gasteiger partial charge is 0.150 e. The number of nitrogen functional groups attached to an aromatic ring is 1. The van der Waals surface area contributed by atoms with Crippen LogP contribution in [0.25, 0.3) is 10.8 Å². The summed E-state index contributed by atoms with van der Waals surface area (Å²) in [6, 6.07) is 9.66. The van der Waals surface area contributed by atoms with E-state index in [1.807, 2.05) is 30.5 Å². The van der Waals surface area contributed by atoms with Crippen LogP contribution in [0.3, 0.4) is 0 Å². The van der Waals surface area contributed by atoms with Crippen LogP contribution in [-0.2, 0) is 6.42 Å². The number of nitrogens with zero attached hydrogens (tertiary/aromatic N) is 1. The van der Waals surface area contributed by atoms with Crippen LogP contribution in [-0.4, -0.2) is 29.8 Å². The number of rotatable bonds is 5. The molecule has 5 N–H and O–H groups in total. The van der Waals surface area contributed by atoms with Gasteiger partial charge in [-0.25, -0.2) is 0 Å². The molecule has 2 aromatic carbocycles. The second kappa shape index (κ2) is 8.15. The number of nitrogens with two attached hydrogens (primary N) is 2. The maximum atomic E-state index is 11.3. The van der Waals surface area contributed by atoms with Crippen molar-refractivity contribution in [3.8, 4) is 0 Å². The second-order valence-corrected chi connectivity index (χ2v) is 6.86. The largest absolute Gasteiger partial charge is 0.404 e. The number of benzene rings is 2. The fourth-order valence-electron chi connectivity index (χ4n) is 3.55. The Labute approximate surface area is 153 Å². The van der Waals surface area contributed by atoms with Crippen LogP contribution in [0.15, 0.2) is 47.1 Å². The van der Waals surface area contributed by atoms with Gasteiger partial charge in [-0.05, 0) is 54.5 Å². The standard InChI is InChI=1S/C21H25N3O2/c22-11-14(12-24-17-5-7-18(26)8-6-17)10-15-4-9-20(23)21-16(13-25)2-1-3-19(15)21/h1-4,9,11-13,17-18,26H,5-8,10,22-23H2/b14-11-,24-12?. The molecule has 0 unspecified atom stereocenters. The van der Waals surface area contributed by atoms with Gasteiger partial charge in [-0.2, -0.15) is 0 Å². The number of allylic oxidation sites excluding steroid dienone is 1. The molecule has 26 heavy (non-hydrogen) atoms. The Kier molecular flexibility index (Phi) is 5.68. The SMILES string of the molecule is N/C=C(\C=NC1CCC(O)CC1)Cc1ccc(N)c2c(C=O)cccc12. The Morgan fingerprint density at radius 2 is 1.96 bits per heavy atom. The molecule has 0 heterocycles. The van der Waals surface area contributed by atoms with Gasteiger partial charge in [0, 0.05) is 29.3 Å². The Balaban J connectivity index is 1.83. The van der Waals surface area contributed by atoms with Gasteiger partial charge in [0.05, 0.1) is 12.1 Å². The number of aldehydes is 1. The van der Waals surface area contributed by atoms with Crippen LogP contribution in [0, 0.1) is 0 Å². The fraction of sp³-hybridized carbons (Fsp3) is 0.333. The third kappa shape index (κ3) is 3.94. The van der Waals surface area contributed by atoms with E-state index in [-0.39, 0.29) is 12.1 Å². The summed E-state index contributed by atoms with van der Waals surface area (Å²) in [5.74, 6) is 0. The summed E-state index contributed by atoms with van der Waals surface area (Å²) in [5, 5.41) is 11.3. The lowest BCUT2D eigenvalue weighted by Crippen LogP contribution is -2.20. The molecule has 0 amide bonds. The van der Waals surface area contributed by atoms with Gasteiger partial charge in [0.1, 0.15) is 0 Å². The summed E-state index contributed by atoms with van der Waals surface area (Å²) in [5.41, 5.74) is 15.1. The summed E-state index contributed by atoms with van der Waals surface area (Å²) in [4.78, 5) is 16.0. The van der Waals surface area contributed by atoms with Crippen LogP contribution in [0.4, 0.5) is 5.69 Å². The first-order valence-electron chi connectivity index (χ1n) is 8.99. The molecule has 0 radical (unpaired) electrons. The molecule has 0 spiro atoms. The van der Waals surface area contributed by atoms with Gasteiger partial charge in [-0.3, -0.25) is 9.79 Å². The fourth-order valence-corrected chi connectivity index (χ4v) is 3.55. The topological polar surface area (TPSA) is 102 Å². The molecule has 0 saturated heterocycles. The highest BCUT2D eigenvalue weighted by molar-refractivity contribution is 6.06. The first-order chi connectivity index (χ1) is 12.6. The highest BCUT2D eigenvalue weighted by Gasteiger charge is 2.18. The Morgan fingerprint density at radius 3 is 2.65 bits per heavy atom. The van der Waals surface area contributed by atoms with E-state index in [0.29, 0.717) is 17.7 Å². The molecule has 1 aliphatic carbocycles. The second-order valence-electron chi connectivity index (χ2n) is 6.86. The van der Waals surface area contributed by atoms with Crippen LogP contribution in [0.5, 0.6) is 0 Å². The summed E-state index contributed by atoms with van der Waals surface area (Å²) >= 11 is 0. The summed E-state index contributed by atoms with van der Waals surface area (Å²) in [6.07, 6.45) is 8.11. The van der Waals surface area contributed by atoms with Crippen molar-refractivity contribution >= 4 is 29.0 Å². The molecule has 0 aliphatic heterocycles. The van der Waals surface area contributed by atoms with Gasteiger partial charge in [-0.15, -0.1) is 0 Å². The minimum absolute atomic E-state index is 0.181. The Hall–Kier alpha value is -2.66. The number of aliphatic hydroxyl groups is 1. The van der Waals surface area contributed by atoms with E-state index in [1.54, 1.807) is 12.3 Å². The van der Waals surface area contributed by atoms with Gasteiger partial charge in [0.15, 0.2) is 6.29 Å². The van der Waals surface area contributed by atoms with Gasteiger partial charge < -0.3 is 16.6 Å². The highest BCUT2D eigenvalue weighted by atomic mass is 16.3. The van der Waals surface area contributed by atoms with Crippen molar-refractivity contribution in [2.45, 2.75) is 44.2 Å². The zero-order valence-electron chi connectivity index (χ0n) is 14.8. The monoisotopic (exact) mass is 351 g/mol. The molecule has 1 fully saturated rings. The minimum Gasteiger partial charge on any atom is -0.404 e. The normalized spacial score (nSPS) is 21.3. The summed E-state index contributed by atoms with van der Waals surface area (Å²) < 4.78 is 0. The maximum absolute atomic E-state index is 11.3. The molecular formula is C21H25N3O2. The average Bonchev–Trinajstić information content (AvgIpc) is 2.67. The van der Waals surface area contributed by atoms with Gasteiger partial charge in [0.25, 0.3) is 0 Å². The quantitative estimate of drug-likeness (QED) is 0.438. The summed E-state index contributed by atoms with van der Waals surface area (Å²) in [6.45, 7) is 0. The zero-order chi connectivity index (χ0) is 18.5. The van der Waals surface area contributed by atoms with Crippen molar-refractivity contribution in [3.63, 3.8) is 0 Å². The third-order valence-corrected chi connectivity index (χ3v) is 5.05. The zero-order valence-corrected chi connectivity index (χ0v) is 14.8. The van der Waals surface area contributed by atoms with E-state index >= 15 is 0 Å². The first kappa shape index (κ1) is 18.1. The summed E-state index contributed by atoms with van der Waals surface area (Å²) in [7, 11) is 0. The number of aliphatic imine (C=N–C) groups is 1. The number of hydrogen-bond donors (Lipinski definition) is 3. The van der Waals surface area contributed by atoms with Crippen LogP contribution >= 0.6 is 0 Å². The molecule has 3 rings (SSSR count). The van der Waals surface area contributed by atoms with E-state index in [4.69, 9.17) is 11.5 Å². The molecule has 0 bridgehead atoms. The lowest BCUT2D eigenvalue weighted by atomic mass is 9.93.